The molecule has 1 saturated carbocycles. The van der Waals surface area contributed by atoms with Gasteiger partial charge < -0.3 is 10.7 Å². The van der Waals surface area contributed by atoms with Gasteiger partial charge in [-0.2, -0.15) is 13.2 Å². The van der Waals surface area contributed by atoms with Gasteiger partial charge in [0.05, 0.1) is 22.7 Å². The number of pyridine rings is 1. The summed E-state index contributed by atoms with van der Waals surface area (Å²) in [5.41, 5.74) is 7.48. The van der Waals surface area contributed by atoms with Crippen molar-refractivity contribution < 1.29 is 13.2 Å². The minimum atomic E-state index is -4.56. The Balaban J connectivity index is 1.62. The third-order valence-electron chi connectivity index (χ3n) is 4.35. The number of hydrogen-bond acceptors (Lipinski definition) is 5. The lowest BCUT2D eigenvalue weighted by molar-refractivity contribution is -0.141. The minimum Gasteiger partial charge on any atom is -0.384 e. The minimum absolute atomic E-state index is 0.0109. The molecule has 3 aromatic rings. The molecule has 136 valence electrons. The van der Waals surface area contributed by atoms with E-state index in [1.165, 1.54) is 18.4 Å². The highest BCUT2D eigenvalue weighted by molar-refractivity contribution is 7.99. The van der Waals surface area contributed by atoms with Crippen molar-refractivity contribution in [1.29, 1.82) is 0 Å². The summed E-state index contributed by atoms with van der Waals surface area (Å²) in [6, 6.07) is 2.73. The highest BCUT2D eigenvalue weighted by atomic mass is 32.2. The number of nitrogens with one attached hydrogen (secondary N) is 1. The van der Waals surface area contributed by atoms with Gasteiger partial charge in [-0.05, 0) is 37.3 Å². The molecule has 4 rings (SSSR count). The Morgan fingerprint density at radius 2 is 2.04 bits per heavy atom. The predicted octanol–water partition coefficient (Wildman–Crippen LogP) is 4.68. The molecule has 1 aliphatic carbocycles. The van der Waals surface area contributed by atoms with Crippen molar-refractivity contribution in [3.8, 4) is 0 Å². The number of nitrogen functional groups attached to an aromatic ring is 1. The molecule has 0 radical (unpaired) electrons. The summed E-state index contributed by atoms with van der Waals surface area (Å²) in [5.74, 6) is 0.389. The van der Waals surface area contributed by atoms with Crippen molar-refractivity contribution in [2.75, 3.05) is 5.73 Å². The van der Waals surface area contributed by atoms with Crippen molar-refractivity contribution in [3.05, 3.63) is 41.5 Å². The zero-order valence-electron chi connectivity index (χ0n) is 13.8. The third kappa shape index (κ3) is 3.35. The van der Waals surface area contributed by atoms with E-state index in [4.69, 9.17) is 5.73 Å². The maximum Gasteiger partial charge on any atom is 0.433 e. The zero-order valence-corrected chi connectivity index (χ0v) is 14.7. The first-order valence-corrected chi connectivity index (χ1v) is 9.04. The number of H-pyrrole nitrogens is 1. The zero-order chi connectivity index (χ0) is 18.5. The first-order chi connectivity index (χ1) is 12.3. The lowest BCUT2D eigenvalue weighted by Gasteiger charge is -2.12. The number of hydrogen-bond donors (Lipinski definition) is 2. The van der Waals surface area contributed by atoms with E-state index in [2.05, 4.69) is 19.9 Å². The number of nitrogens with zero attached hydrogens (tertiary/aromatic N) is 3. The summed E-state index contributed by atoms with van der Waals surface area (Å²) < 4.78 is 38.7. The van der Waals surface area contributed by atoms with Gasteiger partial charge >= 0.3 is 6.18 Å². The van der Waals surface area contributed by atoms with E-state index < -0.39 is 11.9 Å². The van der Waals surface area contributed by atoms with Crippen molar-refractivity contribution >= 4 is 28.5 Å². The maximum absolute atomic E-state index is 12.9. The van der Waals surface area contributed by atoms with E-state index in [0.29, 0.717) is 5.92 Å². The van der Waals surface area contributed by atoms with Crippen molar-refractivity contribution in [2.45, 2.75) is 42.3 Å². The molecule has 3 aromatic heterocycles. The van der Waals surface area contributed by atoms with Gasteiger partial charge in [-0.3, -0.25) is 4.98 Å². The largest absolute Gasteiger partial charge is 0.433 e. The maximum atomic E-state index is 12.9. The number of alkyl halides is 3. The lowest BCUT2D eigenvalue weighted by atomic mass is 10.1. The molecule has 0 saturated heterocycles. The molecule has 26 heavy (non-hydrogen) atoms. The molecule has 1 aliphatic rings. The molecule has 1 unspecified atom stereocenters. The SMILES string of the molecule is CC(Sc1nc(N)cc(C(F)(F)F)n1)c1cc2c(C3CC3)c[nH]c2cn1. The highest BCUT2D eigenvalue weighted by Gasteiger charge is 2.34. The van der Waals surface area contributed by atoms with Gasteiger partial charge in [-0.1, -0.05) is 11.8 Å². The van der Waals surface area contributed by atoms with E-state index in [1.807, 2.05) is 19.2 Å². The van der Waals surface area contributed by atoms with Crippen molar-refractivity contribution in [2.24, 2.45) is 0 Å². The van der Waals surface area contributed by atoms with Crippen molar-refractivity contribution in [3.63, 3.8) is 0 Å². The quantitative estimate of drug-likeness (QED) is 0.508. The lowest BCUT2D eigenvalue weighted by Crippen LogP contribution is -2.11. The molecule has 0 aliphatic heterocycles. The second kappa shape index (κ2) is 6.15. The monoisotopic (exact) mass is 379 g/mol. The highest BCUT2D eigenvalue weighted by Crippen LogP contribution is 2.44. The van der Waals surface area contributed by atoms with Gasteiger partial charge in [-0.15, -0.1) is 0 Å². The second-order valence-corrected chi connectivity index (χ2v) is 7.70. The summed E-state index contributed by atoms with van der Waals surface area (Å²) >= 11 is 1.11. The summed E-state index contributed by atoms with van der Waals surface area (Å²) in [6.45, 7) is 1.86. The number of fused-ring (bicyclic) bond motifs is 1. The first-order valence-electron chi connectivity index (χ1n) is 8.16. The van der Waals surface area contributed by atoms with Crippen LogP contribution < -0.4 is 5.73 Å². The van der Waals surface area contributed by atoms with Crippen LogP contribution in [0.4, 0.5) is 19.0 Å². The molecule has 3 N–H and O–H groups in total. The first kappa shape index (κ1) is 17.1. The van der Waals surface area contributed by atoms with E-state index in [-0.39, 0.29) is 16.2 Å². The van der Waals surface area contributed by atoms with Gasteiger partial charge in [0, 0.05) is 17.6 Å². The van der Waals surface area contributed by atoms with E-state index >= 15 is 0 Å². The molecule has 0 bridgehead atoms. The number of rotatable bonds is 4. The summed E-state index contributed by atoms with van der Waals surface area (Å²) in [4.78, 5) is 15.2. The molecule has 9 heteroatoms. The molecule has 0 amide bonds. The molecule has 0 spiro atoms. The molecule has 1 atom stereocenters. The van der Waals surface area contributed by atoms with Crippen LogP contribution in [0.3, 0.4) is 0 Å². The summed E-state index contributed by atoms with van der Waals surface area (Å²) in [6.07, 6.45) is 1.59. The normalized spacial score (nSPS) is 16.2. The molecule has 5 nitrogen and oxygen atoms in total. The van der Waals surface area contributed by atoms with Gasteiger partial charge in [0.2, 0.25) is 0 Å². The second-order valence-electron chi connectivity index (χ2n) is 6.39. The van der Waals surface area contributed by atoms with Gasteiger partial charge in [0.15, 0.2) is 10.9 Å². The van der Waals surface area contributed by atoms with E-state index in [0.717, 1.165) is 34.4 Å². The predicted molar refractivity (Wildman–Crippen MR) is 93.8 cm³/mol. The van der Waals surface area contributed by atoms with Crippen LogP contribution >= 0.6 is 11.8 Å². The van der Waals surface area contributed by atoms with E-state index in [1.54, 1.807) is 6.20 Å². The van der Waals surface area contributed by atoms with Crippen molar-refractivity contribution in [1.82, 2.24) is 19.9 Å². The summed E-state index contributed by atoms with van der Waals surface area (Å²) in [5, 5.41) is 0.891. The van der Waals surface area contributed by atoms with Gasteiger partial charge in [-0.25, -0.2) is 9.97 Å². The van der Waals surface area contributed by atoms with Gasteiger partial charge in [0.1, 0.15) is 5.82 Å². The van der Waals surface area contributed by atoms with Crippen LogP contribution in [0.2, 0.25) is 0 Å². The van der Waals surface area contributed by atoms with Gasteiger partial charge in [0.25, 0.3) is 0 Å². The van der Waals surface area contributed by atoms with Crippen LogP contribution in [0.25, 0.3) is 10.9 Å². The Morgan fingerprint density at radius 1 is 1.27 bits per heavy atom. The van der Waals surface area contributed by atoms with E-state index in [9.17, 15) is 13.2 Å². The average molecular weight is 379 g/mol. The smallest absolute Gasteiger partial charge is 0.384 e. The van der Waals surface area contributed by atoms with Crippen LogP contribution in [0, 0.1) is 0 Å². The average Bonchev–Trinajstić information content (AvgIpc) is 3.32. The number of anilines is 1. The fourth-order valence-electron chi connectivity index (χ4n) is 2.87. The Labute approximate surface area is 151 Å². The standard InChI is InChI=1S/C17H16F3N5S/c1-8(26-16-24-14(17(18,19)20)5-15(21)25-16)12-4-10-11(9-2-3-9)6-22-13(10)7-23-12/h4-9,22H,2-3H2,1H3,(H2,21,24,25). The van der Waals surface area contributed by atoms with Crippen LogP contribution in [-0.2, 0) is 6.18 Å². The van der Waals surface area contributed by atoms with Crippen LogP contribution in [0.5, 0.6) is 0 Å². The molecular weight excluding hydrogens is 363 g/mol. The van der Waals surface area contributed by atoms with Crippen LogP contribution in [0.15, 0.2) is 29.7 Å². The number of halogens is 3. The fourth-order valence-corrected chi connectivity index (χ4v) is 3.75. The molecule has 1 fully saturated rings. The Bertz CT molecular complexity index is 965. The number of aromatic nitrogens is 4. The number of nitrogens with two attached hydrogens (primary N) is 1. The Morgan fingerprint density at radius 3 is 2.73 bits per heavy atom. The van der Waals surface area contributed by atoms with Crippen LogP contribution in [-0.4, -0.2) is 19.9 Å². The number of aromatic amines is 1. The Kier molecular flexibility index (Phi) is 4.06. The van der Waals surface area contributed by atoms with Crippen LogP contribution in [0.1, 0.15) is 47.9 Å². The topological polar surface area (TPSA) is 80.5 Å². The molecule has 3 heterocycles. The molecular formula is C17H16F3N5S. The number of thioether (sulfide) groups is 1. The third-order valence-corrected chi connectivity index (χ3v) is 5.34. The fraction of sp³-hybridized carbons (Fsp3) is 0.353. The molecule has 0 aromatic carbocycles. The Hall–Kier alpha value is -2.29. The summed E-state index contributed by atoms with van der Waals surface area (Å²) in [7, 11) is 0.